The molecule has 35 heavy (non-hydrogen) atoms. The molecule has 1 aliphatic carbocycles. The summed E-state index contributed by atoms with van der Waals surface area (Å²) in [7, 11) is 3.11. The quantitative estimate of drug-likeness (QED) is 0.392. The number of ether oxygens (including phenoxy) is 2. The van der Waals surface area contributed by atoms with Crippen molar-refractivity contribution in [2.45, 2.75) is 56.9 Å². The first-order valence-electron chi connectivity index (χ1n) is 11.6. The standard InChI is InChI=1S/C23H30ClN7O3S/c1-15(20(34-3)21-25-12-17(24)13-26-21)35(32)30-23-29-28-22(18-10-7-11-19(27-18)33-2)31(23)14-16-8-5-4-6-9-16/h7,10-13,15-16,20H,4-6,8-9,14H2,1-3H3,(H,29,30). The number of aromatic nitrogens is 6. The minimum absolute atomic E-state index is 0.407. The van der Waals surface area contributed by atoms with E-state index in [0.29, 0.717) is 46.7 Å². The van der Waals surface area contributed by atoms with Gasteiger partial charge in [0.15, 0.2) is 23.0 Å². The Bertz CT molecular complexity index is 1090. The fourth-order valence-electron chi connectivity index (χ4n) is 4.29. The van der Waals surface area contributed by atoms with E-state index in [9.17, 15) is 4.55 Å². The third-order valence-corrected chi connectivity index (χ3v) is 7.68. The summed E-state index contributed by atoms with van der Waals surface area (Å²) in [4.78, 5) is 13.0. The molecule has 0 saturated heterocycles. The number of nitrogens with zero attached hydrogens (tertiary/aromatic N) is 6. The fourth-order valence-corrected chi connectivity index (χ4v) is 5.37. The number of anilines is 1. The highest BCUT2D eigenvalue weighted by molar-refractivity contribution is 7.93. The van der Waals surface area contributed by atoms with E-state index in [2.05, 4.69) is 29.9 Å². The highest BCUT2D eigenvalue weighted by atomic mass is 35.5. The lowest BCUT2D eigenvalue weighted by molar-refractivity contribution is 0.0950. The first kappa shape index (κ1) is 25.6. The molecule has 0 spiro atoms. The van der Waals surface area contributed by atoms with E-state index in [1.54, 1.807) is 13.2 Å². The van der Waals surface area contributed by atoms with E-state index in [1.807, 2.05) is 23.6 Å². The normalized spacial score (nSPS) is 17.1. The summed E-state index contributed by atoms with van der Waals surface area (Å²) < 4.78 is 29.3. The van der Waals surface area contributed by atoms with Crippen LogP contribution in [0.5, 0.6) is 5.88 Å². The maximum atomic E-state index is 13.4. The predicted octanol–water partition coefficient (Wildman–Crippen LogP) is 4.22. The van der Waals surface area contributed by atoms with Gasteiger partial charge >= 0.3 is 0 Å². The molecule has 0 aliphatic heterocycles. The van der Waals surface area contributed by atoms with Crippen LogP contribution in [-0.4, -0.2) is 53.7 Å². The van der Waals surface area contributed by atoms with Gasteiger partial charge in [0.2, 0.25) is 5.88 Å². The van der Waals surface area contributed by atoms with E-state index in [1.165, 1.54) is 38.8 Å². The lowest BCUT2D eigenvalue weighted by Gasteiger charge is -2.25. The SMILES string of the molecule is COc1cccc(-c2nnc(N[S+]([O-])C(C)C(OC)c3ncc(Cl)cn3)n2CC2CCCCC2)n1. The van der Waals surface area contributed by atoms with Gasteiger partial charge in [-0.2, -0.15) is 4.72 Å². The maximum Gasteiger partial charge on any atom is 0.266 e. The molecular weight excluding hydrogens is 490 g/mol. The van der Waals surface area contributed by atoms with E-state index < -0.39 is 22.7 Å². The van der Waals surface area contributed by atoms with Gasteiger partial charge in [-0.05, 0) is 31.7 Å². The van der Waals surface area contributed by atoms with E-state index in [4.69, 9.17) is 21.1 Å². The number of rotatable bonds is 10. The minimum atomic E-state index is -1.57. The van der Waals surface area contributed by atoms with E-state index in [0.717, 1.165) is 12.8 Å². The molecule has 3 aromatic heterocycles. The molecule has 12 heteroatoms. The van der Waals surface area contributed by atoms with Crippen LogP contribution in [0.1, 0.15) is 51.0 Å². The Labute approximate surface area is 213 Å². The summed E-state index contributed by atoms with van der Waals surface area (Å²) in [6.07, 6.45) is 8.35. The van der Waals surface area contributed by atoms with Crippen LogP contribution in [-0.2, 0) is 22.6 Å². The average molecular weight is 520 g/mol. The van der Waals surface area contributed by atoms with Crippen molar-refractivity contribution in [2.75, 3.05) is 18.9 Å². The summed E-state index contributed by atoms with van der Waals surface area (Å²) in [6, 6.07) is 5.51. The van der Waals surface area contributed by atoms with Crippen LogP contribution >= 0.6 is 11.6 Å². The lowest BCUT2D eigenvalue weighted by atomic mass is 9.89. The minimum Gasteiger partial charge on any atom is -0.593 e. The molecule has 3 heterocycles. The number of hydrogen-bond acceptors (Lipinski definition) is 9. The van der Waals surface area contributed by atoms with Crippen molar-refractivity contribution in [3.8, 4) is 17.4 Å². The first-order valence-corrected chi connectivity index (χ1v) is 13.2. The Morgan fingerprint density at radius 1 is 1.17 bits per heavy atom. The lowest BCUT2D eigenvalue weighted by Crippen LogP contribution is -2.33. The molecule has 10 nitrogen and oxygen atoms in total. The van der Waals surface area contributed by atoms with Crippen LogP contribution in [0.25, 0.3) is 11.5 Å². The van der Waals surface area contributed by atoms with Crippen LogP contribution in [0.15, 0.2) is 30.6 Å². The van der Waals surface area contributed by atoms with Gasteiger partial charge in [-0.25, -0.2) is 15.0 Å². The van der Waals surface area contributed by atoms with Gasteiger partial charge in [0.25, 0.3) is 5.95 Å². The summed E-state index contributed by atoms with van der Waals surface area (Å²) in [5.74, 6) is 2.42. The molecule has 3 aromatic rings. The molecule has 0 radical (unpaired) electrons. The Morgan fingerprint density at radius 3 is 2.60 bits per heavy atom. The van der Waals surface area contributed by atoms with Gasteiger partial charge in [-0.1, -0.05) is 36.9 Å². The molecule has 1 fully saturated rings. The van der Waals surface area contributed by atoms with Crippen molar-refractivity contribution < 1.29 is 14.0 Å². The highest BCUT2D eigenvalue weighted by Crippen LogP contribution is 2.30. The number of nitrogens with one attached hydrogen (secondary N) is 1. The summed E-state index contributed by atoms with van der Waals surface area (Å²) in [5.41, 5.74) is 0.642. The first-order chi connectivity index (χ1) is 17.0. The second-order valence-corrected chi connectivity index (χ2v) is 10.5. The average Bonchev–Trinajstić information content (AvgIpc) is 3.27. The largest absolute Gasteiger partial charge is 0.593 e. The van der Waals surface area contributed by atoms with Crippen LogP contribution < -0.4 is 9.46 Å². The molecule has 0 amide bonds. The number of methoxy groups -OCH3 is 2. The van der Waals surface area contributed by atoms with Crippen molar-refractivity contribution in [1.82, 2.24) is 29.7 Å². The molecule has 0 bridgehead atoms. The Morgan fingerprint density at radius 2 is 1.91 bits per heavy atom. The summed E-state index contributed by atoms with van der Waals surface area (Å²) in [5, 5.41) is 8.68. The monoisotopic (exact) mass is 519 g/mol. The predicted molar refractivity (Wildman–Crippen MR) is 134 cm³/mol. The van der Waals surface area contributed by atoms with Crippen LogP contribution in [0.3, 0.4) is 0 Å². The smallest absolute Gasteiger partial charge is 0.266 e. The number of hydrogen-bond donors (Lipinski definition) is 1. The van der Waals surface area contributed by atoms with Gasteiger partial charge in [0, 0.05) is 32.1 Å². The molecule has 4 rings (SSSR count). The van der Waals surface area contributed by atoms with Gasteiger partial charge in [0.1, 0.15) is 5.69 Å². The molecule has 1 N–H and O–H groups in total. The zero-order valence-corrected chi connectivity index (χ0v) is 21.6. The maximum absolute atomic E-state index is 13.4. The van der Waals surface area contributed by atoms with Crippen molar-refractivity contribution in [1.29, 1.82) is 0 Å². The number of pyridine rings is 1. The molecule has 0 aromatic carbocycles. The van der Waals surface area contributed by atoms with Crippen molar-refractivity contribution in [3.63, 3.8) is 0 Å². The van der Waals surface area contributed by atoms with E-state index in [-0.39, 0.29) is 0 Å². The topological polar surface area (TPSA) is 123 Å². The number of halogens is 1. The van der Waals surface area contributed by atoms with Crippen LogP contribution in [0.2, 0.25) is 5.02 Å². The molecule has 1 saturated carbocycles. The summed E-state index contributed by atoms with van der Waals surface area (Å²) in [6.45, 7) is 2.52. The zero-order chi connectivity index (χ0) is 24.8. The molecular formula is C23H30ClN7O3S. The van der Waals surface area contributed by atoms with Gasteiger partial charge < -0.3 is 14.0 Å². The zero-order valence-electron chi connectivity index (χ0n) is 20.1. The van der Waals surface area contributed by atoms with Gasteiger partial charge in [0.05, 0.1) is 23.5 Å². The fraction of sp³-hybridized carbons (Fsp3) is 0.522. The third-order valence-electron chi connectivity index (χ3n) is 6.18. The second-order valence-electron chi connectivity index (χ2n) is 8.55. The Kier molecular flexibility index (Phi) is 8.77. The van der Waals surface area contributed by atoms with Crippen LogP contribution in [0.4, 0.5) is 5.95 Å². The van der Waals surface area contributed by atoms with Crippen LogP contribution in [0, 0.1) is 5.92 Å². The van der Waals surface area contributed by atoms with Crippen molar-refractivity contribution >= 4 is 28.9 Å². The van der Waals surface area contributed by atoms with Crippen molar-refractivity contribution in [3.05, 3.63) is 41.4 Å². The molecule has 3 unspecified atom stereocenters. The highest BCUT2D eigenvalue weighted by Gasteiger charge is 2.34. The third kappa shape index (κ3) is 6.21. The van der Waals surface area contributed by atoms with E-state index >= 15 is 0 Å². The second kappa shape index (κ2) is 12.0. The Balaban J connectivity index is 1.59. The molecule has 3 atom stereocenters. The molecule has 1 aliphatic rings. The van der Waals surface area contributed by atoms with Gasteiger partial charge in [-0.3, -0.25) is 4.57 Å². The summed E-state index contributed by atoms with van der Waals surface area (Å²) >= 11 is 4.34. The van der Waals surface area contributed by atoms with Crippen molar-refractivity contribution in [2.24, 2.45) is 5.92 Å². The molecule has 188 valence electrons. The van der Waals surface area contributed by atoms with Gasteiger partial charge in [-0.15, -0.1) is 10.2 Å². The Hall–Kier alpha value is -2.47.